The number of nitrogens with zero attached hydrogens (tertiary/aromatic N) is 2. The average Bonchev–Trinajstić information content (AvgIpc) is 2.94. The smallest absolute Gasteiger partial charge is 0.234 e. The molecule has 3 heterocycles. The molecule has 0 radical (unpaired) electrons. The maximum Gasteiger partial charge on any atom is 0.234 e. The van der Waals surface area contributed by atoms with Gasteiger partial charge in [-0.1, -0.05) is 18.2 Å². The van der Waals surface area contributed by atoms with Gasteiger partial charge in [0, 0.05) is 19.1 Å². The van der Waals surface area contributed by atoms with E-state index < -0.39 is 0 Å². The van der Waals surface area contributed by atoms with E-state index in [1.54, 1.807) is 0 Å². The fourth-order valence-corrected chi connectivity index (χ4v) is 4.75. The van der Waals surface area contributed by atoms with Gasteiger partial charge in [0.1, 0.15) is 0 Å². The Hall–Kier alpha value is -1.39. The van der Waals surface area contributed by atoms with Crippen LogP contribution in [0.1, 0.15) is 55.3 Å². The SMILES string of the molecule is CC(NC(=O)CN1CCN2CCC1CC2)c1ccc2c(c1)CCCC2. The van der Waals surface area contributed by atoms with Crippen LogP contribution in [0.2, 0.25) is 0 Å². The molecule has 1 aliphatic carbocycles. The van der Waals surface area contributed by atoms with Crippen LogP contribution < -0.4 is 5.32 Å². The summed E-state index contributed by atoms with van der Waals surface area (Å²) >= 11 is 0. The molecular weight excluding hydrogens is 310 g/mol. The van der Waals surface area contributed by atoms with Crippen molar-refractivity contribution >= 4 is 5.91 Å². The van der Waals surface area contributed by atoms with Crippen molar-refractivity contribution in [2.24, 2.45) is 0 Å². The summed E-state index contributed by atoms with van der Waals surface area (Å²) in [6.07, 6.45) is 7.44. The summed E-state index contributed by atoms with van der Waals surface area (Å²) in [5.41, 5.74) is 4.24. The van der Waals surface area contributed by atoms with E-state index in [1.165, 1.54) is 68.3 Å². The van der Waals surface area contributed by atoms with Crippen LogP contribution in [-0.4, -0.2) is 54.5 Å². The molecule has 4 aliphatic rings. The molecule has 0 saturated carbocycles. The Morgan fingerprint density at radius 3 is 2.68 bits per heavy atom. The fourth-order valence-electron chi connectivity index (χ4n) is 4.75. The molecule has 4 heteroatoms. The van der Waals surface area contributed by atoms with Crippen molar-refractivity contribution in [1.82, 2.24) is 15.1 Å². The highest BCUT2D eigenvalue weighted by Crippen LogP contribution is 2.25. The molecule has 136 valence electrons. The lowest BCUT2D eigenvalue weighted by Gasteiger charge is -2.31. The van der Waals surface area contributed by atoms with E-state index in [2.05, 4.69) is 40.2 Å². The molecule has 3 aliphatic heterocycles. The van der Waals surface area contributed by atoms with Crippen LogP contribution in [0.5, 0.6) is 0 Å². The number of benzene rings is 1. The second-order valence-corrected chi connectivity index (χ2v) is 8.07. The predicted octanol–water partition coefficient (Wildman–Crippen LogP) is 2.52. The number of fused-ring (bicyclic) bond motifs is 5. The first-order chi connectivity index (χ1) is 12.2. The average molecular weight is 341 g/mol. The van der Waals surface area contributed by atoms with Crippen LogP contribution in [0.4, 0.5) is 0 Å². The minimum absolute atomic E-state index is 0.0896. The zero-order valence-corrected chi connectivity index (χ0v) is 15.5. The van der Waals surface area contributed by atoms with Gasteiger partial charge in [0.05, 0.1) is 12.6 Å². The van der Waals surface area contributed by atoms with Crippen molar-refractivity contribution in [1.29, 1.82) is 0 Å². The van der Waals surface area contributed by atoms with Crippen molar-refractivity contribution in [2.45, 2.75) is 57.5 Å². The van der Waals surface area contributed by atoms with Gasteiger partial charge in [0.15, 0.2) is 0 Å². The second kappa shape index (κ2) is 7.46. The number of rotatable bonds is 4. The maximum atomic E-state index is 12.6. The third-order valence-electron chi connectivity index (χ3n) is 6.37. The van der Waals surface area contributed by atoms with E-state index in [4.69, 9.17) is 0 Å². The van der Waals surface area contributed by atoms with Crippen molar-refractivity contribution in [3.8, 4) is 0 Å². The Morgan fingerprint density at radius 1 is 1.12 bits per heavy atom. The quantitative estimate of drug-likeness (QED) is 0.914. The third-order valence-corrected chi connectivity index (χ3v) is 6.37. The number of carbonyl (C=O) groups excluding carboxylic acids is 1. The molecule has 1 amide bonds. The van der Waals surface area contributed by atoms with Gasteiger partial charge < -0.3 is 10.2 Å². The summed E-state index contributed by atoms with van der Waals surface area (Å²) < 4.78 is 0. The summed E-state index contributed by atoms with van der Waals surface area (Å²) in [6.45, 7) is 7.22. The first-order valence-electron chi connectivity index (χ1n) is 10.1. The lowest BCUT2D eigenvalue weighted by atomic mass is 9.89. The predicted molar refractivity (Wildman–Crippen MR) is 101 cm³/mol. The largest absolute Gasteiger partial charge is 0.348 e. The summed E-state index contributed by atoms with van der Waals surface area (Å²) in [6, 6.07) is 7.49. The highest BCUT2D eigenvalue weighted by Gasteiger charge is 2.30. The normalized spacial score (nSPS) is 27.4. The summed E-state index contributed by atoms with van der Waals surface area (Å²) in [5.74, 6) is 0.172. The van der Waals surface area contributed by atoms with Crippen molar-refractivity contribution < 1.29 is 4.79 Å². The molecule has 5 rings (SSSR count). The topological polar surface area (TPSA) is 35.6 Å². The van der Waals surface area contributed by atoms with E-state index in [1.807, 2.05) is 0 Å². The van der Waals surface area contributed by atoms with Crippen LogP contribution in [-0.2, 0) is 17.6 Å². The lowest BCUT2D eigenvalue weighted by molar-refractivity contribution is -0.123. The number of amides is 1. The van der Waals surface area contributed by atoms with E-state index in [9.17, 15) is 4.79 Å². The van der Waals surface area contributed by atoms with E-state index in [0.717, 1.165) is 13.1 Å². The number of nitrogens with one attached hydrogen (secondary N) is 1. The van der Waals surface area contributed by atoms with Crippen LogP contribution in [0.15, 0.2) is 18.2 Å². The first kappa shape index (κ1) is 17.0. The molecule has 0 spiro atoms. The molecule has 1 aromatic rings. The van der Waals surface area contributed by atoms with E-state index >= 15 is 0 Å². The number of piperidine rings is 1. The minimum Gasteiger partial charge on any atom is -0.348 e. The Labute approximate surface area is 151 Å². The first-order valence-corrected chi connectivity index (χ1v) is 10.1. The van der Waals surface area contributed by atoms with Gasteiger partial charge in [-0.2, -0.15) is 0 Å². The Kier molecular flexibility index (Phi) is 5.09. The molecule has 0 aromatic heterocycles. The lowest BCUT2D eigenvalue weighted by Crippen LogP contribution is -2.44. The van der Waals surface area contributed by atoms with Gasteiger partial charge in [0.25, 0.3) is 0 Å². The molecule has 1 aromatic carbocycles. The minimum atomic E-state index is 0.0896. The standard InChI is InChI=1S/C21H31N3O/c1-16(18-7-6-17-4-2-3-5-19(17)14-18)22-21(25)15-24-13-12-23-10-8-20(24)9-11-23/h6-7,14,16,20H,2-5,8-13,15H2,1H3,(H,22,25). The van der Waals surface area contributed by atoms with Gasteiger partial charge in [-0.3, -0.25) is 9.69 Å². The van der Waals surface area contributed by atoms with Crippen LogP contribution in [0.25, 0.3) is 0 Å². The summed E-state index contributed by atoms with van der Waals surface area (Å²) in [5, 5.41) is 3.23. The molecule has 1 N–H and O–H groups in total. The zero-order chi connectivity index (χ0) is 17.2. The molecule has 3 fully saturated rings. The Balaban J connectivity index is 1.35. The van der Waals surface area contributed by atoms with Crippen LogP contribution >= 0.6 is 0 Å². The molecule has 1 atom stereocenters. The van der Waals surface area contributed by atoms with Crippen molar-refractivity contribution in [3.05, 3.63) is 34.9 Å². The highest BCUT2D eigenvalue weighted by molar-refractivity contribution is 5.78. The number of hydrogen-bond donors (Lipinski definition) is 1. The van der Waals surface area contributed by atoms with Gasteiger partial charge in [0.2, 0.25) is 5.91 Å². The number of carbonyl (C=O) groups is 1. The summed E-state index contributed by atoms with van der Waals surface area (Å²) in [4.78, 5) is 17.5. The molecule has 25 heavy (non-hydrogen) atoms. The highest BCUT2D eigenvalue weighted by atomic mass is 16.2. The van der Waals surface area contributed by atoms with Crippen LogP contribution in [0, 0.1) is 0 Å². The monoisotopic (exact) mass is 341 g/mol. The van der Waals surface area contributed by atoms with Gasteiger partial charge >= 0.3 is 0 Å². The number of hydrogen-bond acceptors (Lipinski definition) is 3. The zero-order valence-electron chi connectivity index (χ0n) is 15.5. The molecule has 3 saturated heterocycles. The van der Waals surface area contributed by atoms with E-state index in [-0.39, 0.29) is 11.9 Å². The van der Waals surface area contributed by atoms with Crippen molar-refractivity contribution in [3.63, 3.8) is 0 Å². The van der Waals surface area contributed by atoms with Gasteiger partial charge in [-0.15, -0.1) is 0 Å². The third kappa shape index (κ3) is 3.90. The molecule has 1 unspecified atom stereocenters. The Bertz CT molecular complexity index is 622. The maximum absolute atomic E-state index is 12.6. The van der Waals surface area contributed by atoms with Gasteiger partial charge in [-0.05, 0) is 75.2 Å². The van der Waals surface area contributed by atoms with Gasteiger partial charge in [-0.25, -0.2) is 0 Å². The fraction of sp³-hybridized carbons (Fsp3) is 0.667. The van der Waals surface area contributed by atoms with Crippen molar-refractivity contribution in [2.75, 3.05) is 32.7 Å². The molecular formula is C21H31N3O. The van der Waals surface area contributed by atoms with Crippen LogP contribution in [0.3, 0.4) is 0 Å². The molecule has 2 bridgehead atoms. The van der Waals surface area contributed by atoms with E-state index in [0.29, 0.717) is 12.6 Å². The Morgan fingerprint density at radius 2 is 1.88 bits per heavy atom. The second-order valence-electron chi connectivity index (χ2n) is 8.07. The molecule has 4 nitrogen and oxygen atoms in total. The summed E-state index contributed by atoms with van der Waals surface area (Å²) in [7, 11) is 0. The number of aryl methyl sites for hydroxylation is 2.